The molecule has 0 aliphatic carbocycles. The van der Waals surface area contributed by atoms with Gasteiger partial charge in [0.25, 0.3) is 0 Å². The summed E-state index contributed by atoms with van der Waals surface area (Å²) in [5, 5.41) is 7.89. The molecule has 0 radical (unpaired) electrons. The molecule has 0 bridgehead atoms. The molecule has 0 amide bonds. The van der Waals surface area contributed by atoms with Gasteiger partial charge in [-0.05, 0) is 26.3 Å². The van der Waals surface area contributed by atoms with Gasteiger partial charge in [0.05, 0.1) is 18.8 Å². The zero-order chi connectivity index (χ0) is 13.9. The smallest absolute Gasteiger partial charge is 0.0662 e. The monoisotopic (exact) mass is 269 g/mol. The van der Waals surface area contributed by atoms with Crippen molar-refractivity contribution in [2.75, 3.05) is 33.5 Å². The molecule has 0 aliphatic heterocycles. The summed E-state index contributed by atoms with van der Waals surface area (Å²) < 4.78 is 12.5. The van der Waals surface area contributed by atoms with Crippen LogP contribution in [0.4, 0.5) is 0 Å². The molecule has 0 saturated carbocycles. The van der Waals surface area contributed by atoms with Gasteiger partial charge in [-0.25, -0.2) is 0 Å². The maximum atomic E-state index is 5.53. The topological polar surface area (TPSA) is 48.3 Å². The molecular weight excluding hydrogens is 242 g/mol. The van der Waals surface area contributed by atoms with Gasteiger partial charge in [0.15, 0.2) is 0 Å². The Hall–Kier alpha value is -0.910. The number of nitrogens with zero attached hydrogens (tertiary/aromatic N) is 2. The average Bonchev–Trinajstić information content (AvgIpc) is 2.75. The zero-order valence-corrected chi connectivity index (χ0v) is 12.4. The van der Waals surface area contributed by atoms with Crippen molar-refractivity contribution in [2.45, 2.75) is 39.8 Å². The van der Waals surface area contributed by atoms with Crippen LogP contribution in [0.3, 0.4) is 0 Å². The Labute approximate surface area is 116 Å². The highest BCUT2D eigenvalue weighted by Gasteiger charge is 2.04. The van der Waals surface area contributed by atoms with Crippen molar-refractivity contribution >= 4 is 0 Å². The third kappa shape index (κ3) is 6.71. The lowest BCUT2D eigenvalue weighted by molar-refractivity contribution is 0.0961. The molecule has 1 aromatic rings. The van der Waals surface area contributed by atoms with Crippen molar-refractivity contribution in [1.29, 1.82) is 0 Å². The van der Waals surface area contributed by atoms with E-state index in [1.54, 1.807) is 7.11 Å². The third-order valence-corrected chi connectivity index (χ3v) is 2.89. The van der Waals surface area contributed by atoms with E-state index in [2.05, 4.69) is 30.5 Å². The van der Waals surface area contributed by atoms with Gasteiger partial charge in [-0.3, -0.25) is 4.68 Å². The number of hydrogen-bond donors (Lipinski definition) is 1. The standard InChI is InChI=1S/C14H27N3O2/c1-4-6-15-11-14-12-17(16-13(14)2)7-10-19-9-5-8-18-3/h12,15H,4-11H2,1-3H3. The Morgan fingerprint density at radius 1 is 1.32 bits per heavy atom. The number of methoxy groups -OCH3 is 1. The summed E-state index contributed by atoms with van der Waals surface area (Å²) in [5.74, 6) is 0. The molecule has 1 rings (SSSR count). The van der Waals surface area contributed by atoms with Crippen molar-refractivity contribution < 1.29 is 9.47 Å². The first-order valence-electron chi connectivity index (χ1n) is 7.08. The number of hydrogen-bond acceptors (Lipinski definition) is 4. The maximum absolute atomic E-state index is 5.53. The van der Waals surface area contributed by atoms with E-state index < -0.39 is 0 Å². The third-order valence-electron chi connectivity index (χ3n) is 2.89. The van der Waals surface area contributed by atoms with Gasteiger partial charge in [0.1, 0.15) is 0 Å². The summed E-state index contributed by atoms with van der Waals surface area (Å²) in [6.45, 7) is 9.19. The molecule has 1 aromatic heterocycles. The Kier molecular flexibility index (Phi) is 8.45. The molecule has 5 heteroatoms. The van der Waals surface area contributed by atoms with E-state index in [0.717, 1.165) is 51.4 Å². The highest BCUT2D eigenvalue weighted by molar-refractivity contribution is 5.14. The fourth-order valence-electron chi connectivity index (χ4n) is 1.81. The molecular formula is C14H27N3O2. The van der Waals surface area contributed by atoms with E-state index in [4.69, 9.17) is 9.47 Å². The van der Waals surface area contributed by atoms with Gasteiger partial charge in [-0.15, -0.1) is 0 Å². The first-order valence-corrected chi connectivity index (χ1v) is 7.08. The van der Waals surface area contributed by atoms with Gasteiger partial charge in [-0.1, -0.05) is 6.92 Å². The fraction of sp³-hybridized carbons (Fsp3) is 0.786. The van der Waals surface area contributed by atoms with Gasteiger partial charge < -0.3 is 14.8 Å². The molecule has 1 heterocycles. The van der Waals surface area contributed by atoms with Crippen LogP contribution in [-0.4, -0.2) is 43.3 Å². The summed E-state index contributed by atoms with van der Waals surface area (Å²) in [4.78, 5) is 0. The number of ether oxygens (including phenoxy) is 2. The Balaban J connectivity index is 2.21. The number of aromatic nitrogens is 2. The van der Waals surface area contributed by atoms with Crippen molar-refractivity contribution in [3.63, 3.8) is 0 Å². The van der Waals surface area contributed by atoms with Crippen molar-refractivity contribution in [2.24, 2.45) is 0 Å². The van der Waals surface area contributed by atoms with E-state index in [9.17, 15) is 0 Å². The van der Waals surface area contributed by atoms with E-state index in [0.29, 0.717) is 6.61 Å². The lowest BCUT2D eigenvalue weighted by Gasteiger charge is -2.04. The number of rotatable bonds is 11. The van der Waals surface area contributed by atoms with Crippen LogP contribution < -0.4 is 5.32 Å². The largest absolute Gasteiger partial charge is 0.385 e. The van der Waals surface area contributed by atoms with Crippen LogP contribution in [0, 0.1) is 6.92 Å². The second-order valence-electron chi connectivity index (χ2n) is 4.64. The minimum Gasteiger partial charge on any atom is -0.385 e. The summed E-state index contributed by atoms with van der Waals surface area (Å²) in [5.41, 5.74) is 2.37. The Bertz CT molecular complexity index is 339. The predicted molar refractivity (Wildman–Crippen MR) is 76.3 cm³/mol. The highest BCUT2D eigenvalue weighted by Crippen LogP contribution is 2.05. The van der Waals surface area contributed by atoms with Crippen molar-refractivity contribution in [3.8, 4) is 0 Å². The van der Waals surface area contributed by atoms with Crippen molar-refractivity contribution in [3.05, 3.63) is 17.5 Å². The lowest BCUT2D eigenvalue weighted by atomic mass is 10.2. The lowest BCUT2D eigenvalue weighted by Crippen LogP contribution is -2.14. The molecule has 0 aromatic carbocycles. The summed E-state index contributed by atoms with van der Waals surface area (Å²) in [6, 6.07) is 0. The van der Waals surface area contributed by atoms with E-state index >= 15 is 0 Å². The van der Waals surface area contributed by atoms with Crippen LogP contribution >= 0.6 is 0 Å². The molecule has 5 nitrogen and oxygen atoms in total. The van der Waals surface area contributed by atoms with Crippen LogP contribution in [0.25, 0.3) is 0 Å². The summed E-state index contributed by atoms with van der Waals surface area (Å²) >= 11 is 0. The Morgan fingerprint density at radius 2 is 2.16 bits per heavy atom. The van der Waals surface area contributed by atoms with Gasteiger partial charge in [0, 0.05) is 38.6 Å². The summed E-state index contributed by atoms with van der Waals surface area (Å²) in [7, 11) is 1.71. The second kappa shape index (κ2) is 9.95. The summed E-state index contributed by atoms with van der Waals surface area (Å²) in [6.07, 6.45) is 4.21. The Morgan fingerprint density at radius 3 is 2.89 bits per heavy atom. The molecule has 0 aliphatic rings. The molecule has 1 N–H and O–H groups in total. The van der Waals surface area contributed by atoms with Crippen LogP contribution in [0.1, 0.15) is 31.0 Å². The minimum absolute atomic E-state index is 0.701. The predicted octanol–water partition coefficient (Wildman–Crippen LogP) is 1.74. The molecule has 0 fully saturated rings. The van der Waals surface area contributed by atoms with Gasteiger partial charge in [0.2, 0.25) is 0 Å². The fourth-order valence-corrected chi connectivity index (χ4v) is 1.81. The number of aryl methyl sites for hydroxylation is 1. The normalized spacial score (nSPS) is 11.1. The molecule has 110 valence electrons. The number of nitrogens with one attached hydrogen (secondary N) is 1. The first kappa shape index (κ1) is 16.1. The van der Waals surface area contributed by atoms with E-state index in [1.807, 2.05) is 4.68 Å². The molecule has 0 saturated heterocycles. The van der Waals surface area contributed by atoms with Crippen molar-refractivity contribution in [1.82, 2.24) is 15.1 Å². The quantitative estimate of drug-likeness (QED) is 0.622. The first-order chi connectivity index (χ1) is 9.27. The van der Waals surface area contributed by atoms with Crippen LogP contribution in [0.15, 0.2) is 6.20 Å². The van der Waals surface area contributed by atoms with E-state index in [1.165, 1.54) is 5.56 Å². The van der Waals surface area contributed by atoms with E-state index in [-0.39, 0.29) is 0 Å². The molecule has 0 unspecified atom stereocenters. The molecule has 19 heavy (non-hydrogen) atoms. The van der Waals surface area contributed by atoms with Crippen LogP contribution in [0.2, 0.25) is 0 Å². The van der Waals surface area contributed by atoms with Crippen LogP contribution in [-0.2, 0) is 22.6 Å². The average molecular weight is 269 g/mol. The molecule has 0 atom stereocenters. The molecule has 0 spiro atoms. The van der Waals surface area contributed by atoms with Gasteiger partial charge >= 0.3 is 0 Å². The van der Waals surface area contributed by atoms with Gasteiger partial charge in [-0.2, -0.15) is 5.10 Å². The van der Waals surface area contributed by atoms with Crippen LogP contribution in [0.5, 0.6) is 0 Å². The highest BCUT2D eigenvalue weighted by atomic mass is 16.5. The minimum atomic E-state index is 0.701. The zero-order valence-electron chi connectivity index (χ0n) is 12.4. The second-order valence-corrected chi connectivity index (χ2v) is 4.64. The maximum Gasteiger partial charge on any atom is 0.0662 e. The SMILES string of the molecule is CCCNCc1cn(CCOCCCOC)nc1C.